The number of amides is 3. The van der Waals surface area contributed by atoms with Crippen LogP contribution in [0.4, 0.5) is 4.79 Å². The summed E-state index contributed by atoms with van der Waals surface area (Å²) in [4.78, 5) is 25.0. The Bertz CT molecular complexity index is 481. The van der Waals surface area contributed by atoms with Gasteiger partial charge in [-0.15, -0.1) is 0 Å². The van der Waals surface area contributed by atoms with E-state index in [1.54, 1.807) is 6.26 Å². The number of carbonyl (C=O) groups excluding carboxylic acids is 2. The Kier molecular flexibility index (Phi) is 6.00. The molecule has 1 aliphatic carbocycles. The van der Waals surface area contributed by atoms with Crippen molar-refractivity contribution in [2.75, 3.05) is 7.05 Å². The lowest BCUT2D eigenvalue weighted by Gasteiger charge is -2.24. The molecule has 0 radical (unpaired) electrons. The maximum absolute atomic E-state index is 12.1. The smallest absolute Gasteiger partial charge is 0.321 e. The molecule has 1 aromatic rings. The van der Waals surface area contributed by atoms with Crippen LogP contribution in [0.2, 0.25) is 0 Å². The van der Waals surface area contributed by atoms with Crippen molar-refractivity contribution in [1.82, 2.24) is 10.6 Å². The van der Waals surface area contributed by atoms with Gasteiger partial charge in [-0.2, -0.15) is 0 Å². The molecule has 0 aliphatic heterocycles. The molecule has 0 spiro atoms. The van der Waals surface area contributed by atoms with Crippen molar-refractivity contribution in [2.24, 2.45) is 0 Å². The monoisotopic (exact) mass is 308 g/mol. The zero-order valence-electron chi connectivity index (χ0n) is 13.4. The number of quaternary nitrogens is 1. The molecule has 6 nitrogen and oxygen atoms in total. The fourth-order valence-corrected chi connectivity index (χ4v) is 2.75. The van der Waals surface area contributed by atoms with Crippen LogP contribution in [0.25, 0.3) is 0 Å². The summed E-state index contributed by atoms with van der Waals surface area (Å²) >= 11 is 0. The van der Waals surface area contributed by atoms with Crippen LogP contribution in [0.15, 0.2) is 22.8 Å². The summed E-state index contributed by atoms with van der Waals surface area (Å²) in [5.74, 6) is 0.557. The first kappa shape index (κ1) is 16.5. The Hall–Kier alpha value is -1.82. The molecule has 0 aromatic carbocycles. The number of hydrogen-bond acceptors (Lipinski definition) is 3. The van der Waals surface area contributed by atoms with Gasteiger partial charge in [-0.25, -0.2) is 4.79 Å². The first-order valence-corrected chi connectivity index (χ1v) is 8.02. The Labute approximate surface area is 131 Å². The van der Waals surface area contributed by atoms with Crippen molar-refractivity contribution in [3.05, 3.63) is 24.2 Å². The van der Waals surface area contributed by atoms with E-state index in [1.807, 2.05) is 26.1 Å². The van der Waals surface area contributed by atoms with Crippen molar-refractivity contribution in [2.45, 2.75) is 57.7 Å². The third kappa shape index (κ3) is 4.87. The molecule has 0 bridgehead atoms. The first-order chi connectivity index (χ1) is 10.6. The van der Waals surface area contributed by atoms with Gasteiger partial charge in [0.1, 0.15) is 6.54 Å². The van der Waals surface area contributed by atoms with E-state index < -0.39 is 0 Å². The van der Waals surface area contributed by atoms with Gasteiger partial charge in [0, 0.05) is 6.04 Å². The molecule has 2 atom stereocenters. The summed E-state index contributed by atoms with van der Waals surface area (Å²) < 4.78 is 5.28. The fourth-order valence-electron chi connectivity index (χ4n) is 2.75. The normalized spacial score (nSPS) is 18.5. The van der Waals surface area contributed by atoms with Crippen molar-refractivity contribution >= 4 is 11.9 Å². The molecule has 1 heterocycles. The van der Waals surface area contributed by atoms with Crippen LogP contribution in [0.1, 0.15) is 44.8 Å². The minimum atomic E-state index is -0.380. The summed E-state index contributed by atoms with van der Waals surface area (Å²) in [5.41, 5.74) is 0. The van der Waals surface area contributed by atoms with Crippen molar-refractivity contribution in [3.8, 4) is 0 Å². The average Bonchev–Trinajstić information content (AvgIpc) is 3.00. The largest absolute Gasteiger partial charge is 0.463 e. The SMILES string of the molecule is C[C@@H](C(=O)NC(=O)NC1CCCCC1)[NH+](C)Cc1ccco1. The quantitative estimate of drug-likeness (QED) is 0.754. The van der Waals surface area contributed by atoms with Crippen molar-refractivity contribution in [3.63, 3.8) is 0 Å². The molecule has 22 heavy (non-hydrogen) atoms. The van der Waals surface area contributed by atoms with Crippen LogP contribution in [0, 0.1) is 0 Å². The van der Waals surface area contributed by atoms with E-state index in [1.165, 1.54) is 6.42 Å². The van der Waals surface area contributed by atoms with Gasteiger partial charge >= 0.3 is 6.03 Å². The van der Waals surface area contributed by atoms with Crippen LogP contribution in [-0.2, 0) is 11.3 Å². The van der Waals surface area contributed by atoms with E-state index in [0.717, 1.165) is 36.3 Å². The summed E-state index contributed by atoms with van der Waals surface area (Å²) in [6.45, 7) is 2.41. The van der Waals surface area contributed by atoms with Gasteiger partial charge in [0.2, 0.25) is 0 Å². The Morgan fingerprint density at radius 1 is 1.36 bits per heavy atom. The van der Waals surface area contributed by atoms with Crippen LogP contribution in [0.3, 0.4) is 0 Å². The van der Waals surface area contributed by atoms with Crippen molar-refractivity contribution in [1.29, 1.82) is 0 Å². The molecule has 1 unspecified atom stereocenters. The second kappa shape index (κ2) is 7.98. The highest BCUT2D eigenvalue weighted by Crippen LogP contribution is 2.17. The lowest BCUT2D eigenvalue weighted by atomic mass is 9.96. The molecule has 1 aromatic heterocycles. The zero-order chi connectivity index (χ0) is 15.9. The van der Waals surface area contributed by atoms with Gasteiger partial charge in [-0.05, 0) is 31.9 Å². The van der Waals surface area contributed by atoms with E-state index >= 15 is 0 Å². The van der Waals surface area contributed by atoms with Crippen LogP contribution in [-0.4, -0.2) is 31.1 Å². The number of urea groups is 1. The Morgan fingerprint density at radius 2 is 2.09 bits per heavy atom. The zero-order valence-corrected chi connectivity index (χ0v) is 13.4. The maximum atomic E-state index is 12.1. The first-order valence-electron chi connectivity index (χ1n) is 8.02. The standard InChI is InChI=1S/C16H25N3O3/c1-12(19(2)11-14-9-6-10-22-14)15(20)18-16(21)17-13-7-4-3-5-8-13/h6,9-10,12-13H,3-5,7-8,11H2,1-2H3,(H2,17,18,20,21)/p+1/t12-/m0/s1. The average molecular weight is 308 g/mol. The fraction of sp³-hybridized carbons (Fsp3) is 0.625. The third-order valence-electron chi connectivity index (χ3n) is 4.34. The van der Waals surface area contributed by atoms with E-state index in [4.69, 9.17) is 4.42 Å². The van der Waals surface area contributed by atoms with Gasteiger partial charge in [0.25, 0.3) is 5.91 Å². The van der Waals surface area contributed by atoms with E-state index in [2.05, 4.69) is 10.6 Å². The van der Waals surface area contributed by atoms with Crippen LogP contribution in [0.5, 0.6) is 0 Å². The van der Waals surface area contributed by atoms with E-state index in [9.17, 15) is 9.59 Å². The molecule has 6 heteroatoms. The lowest BCUT2D eigenvalue weighted by molar-refractivity contribution is -0.909. The summed E-state index contributed by atoms with van der Waals surface area (Å²) in [6, 6.07) is 3.19. The van der Waals surface area contributed by atoms with Gasteiger partial charge in [0.05, 0.1) is 13.3 Å². The Balaban J connectivity index is 1.76. The molecule has 2 rings (SSSR count). The maximum Gasteiger partial charge on any atom is 0.321 e. The van der Waals surface area contributed by atoms with Gasteiger partial charge < -0.3 is 14.6 Å². The lowest BCUT2D eigenvalue weighted by Crippen LogP contribution is -3.12. The minimum Gasteiger partial charge on any atom is -0.463 e. The molecule has 1 aliphatic rings. The predicted molar refractivity (Wildman–Crippen MR) is 82.3 cm³/mol. The Morgan fingerprint density at radius 3 is 2.73 bits per heavy atom. The number of likely N-dealkylation sites (N-methyl/N-ethyl adjacent to an activating group) is 1. The molecular weight excluding hydrogens is 282 g/mol. The molecule has 1 fully saturated rings. The topological polar surface area (TPSA) is 75.8 Å². The molecule has 0 saturated heterocycles. The summed E-state index contributed by atoms with van der Waals surface area (Å²) in [5, 5.41) is 5.34. The number of rotatable bonds is 5. The highest BCUT2D eigenvalue weighted by molar-refractivity contribution is 5.96. The molecular formula is C16H26N3O3+. The summed E-state index contributed by atoms with van der Waals surface area (Å²) in [7, 11) is 1.91. The third-order valence-corrected chi connectivity index (χ3v) is 4.34. The van der Waals surface area contributed by atoms with E-state index in [-0.39, 0.29) is 24.0 Å². The minimum absolute atomic E-state index is 0.199. The molecule has 122 valence electrons. The van der Waals surface area contributed by atoms with Gasteiger partial charge in [0.15, 0.2) is 11.8 Å². The number of carbonyl (C=O) groups is 2. The number of hydrogen-bond donors (Lipinski definition) is 3. The molecule has 3 N–H and O–H groups in total. The van der Waals surface area contributed by atoms with Crippen LogP contribution < -0.4 is 15.5 Å². The van der Waals surface area contributed by atoms with E-state index in [0.29, 0.717) is 6.54 Å². The highest BCUT2D eigenvalue weighted by Gasteiger charge is 2.25. The van der Waals surface area contributed by atoms with Crippen molar-refractivity contribution < 1.29 is 18.9 Å². The number of imide groups is 1. The second-order valence-electron chi connectivity index (χ2n) is 6.12. The summed E-state index contributed by atoms with van der Waals surface area (Å²) in [6.07, 6.45) is 7.14. The highest BCUT2D eigenvalue weighted by atomic mass is 16.3. The van der Waals surface area contributed by atoms with Gasteiger partial charge in [-0.3, -0.25) is 10.1 Å². The number of nitrogens with one attached hydrogen (secondary N) is 3. The number of furan rings is 1. The van der Waals surface area contributed by atoms with Gasteiger partial charge in [-0.1, -0.05) is 19.3 Å². The second-order valence-corrected chi connectivity index (χ2v) is 6.12. The predicted octanol–water partition coefficient (Wildman–Crippen LogP) is 0.841. The molecule has 1 saturated carbocycles. The van der Waals surface area contributed by atoms with Crippen LogP contribution >= 0.6 is 0 Å². The molecule has 3 amide bonds.